The summed E-state index contributed by atoms with van der Waals surface area (Å²) in [7, 11) is 0. The van der Waals surface area contributed by atoms with Gasteiger partial charge in [-0.3, -0.25) is 4.79 Å². The van der Waals surface area contributed by atoms with E-state index >= 15 is 0 Å². The van der Waals surface area contributed by atoms with E-state index in [-0.39, 0.29) is 6.54 Å². The maximum Gasteiger partial charge on any atom is 0.306 e. The van der Waals surface area contributed by atoms with E-state index in [1.165, 1.54) is 6.07 Å². The Hall–Kier alpha value is -1.69. The summed E-state index contributed by atoms with van der Waals surface area (Å²) in [5, 5.41) is 22.1. The Morgan fingerprint density at radius 2 is 1.95 bits per heavy atom. The van der Waals surface area contributed by atoms with Crippen LogP contribution in [0.3, 0.4) is 0 Å². The fraction of sp³-hybridized carbons (Fsp3) is 0.500. The summed E-state index contributed by atoms with van der Waals surface area (Å²) < 4.78 is 25.8. The number of aliphatic hydroxyl groups is 1. The topological polar surface area (TPSA) is 69.6 Å². The molecule has 3 N–H and O–H groups in total. The molecule has 0 bridgehead atoms. The van der Waals surface area contributed by atoms with Gasteiger partial charge < -0.3 is 15.5 Å². The van der Waals surface area contributed by atoms with Crippen LogP contribution in [0.2, 0.25) is 0 Å². The summed E-state index contributed by atoms with van der Waals surface area (Å²) in [5.74, 6) is -3.10. The van der Waals surface area contributed by atoms with Gasteiger partial charge in [0, 0.05) is 18.3 Å². The average molecular weight is 285 g/mol. The normalized spacial score (nSPS) is 26.2. The Kier molecular flexibility index (Phi) is 4.23. The molecular formula is C14H17F2NO3. The van der Waals surface area contributed by atoms with Gasteiger partial charge in [0.15, 0.2) is 11.6 Å². The number of hydrogen-bond donors (Lipinski definition) is 3. The average Bonchev–Trinajstić information content (AvgIpc) is 2.41. The molecule has 1 aromatic carbocycles. The van der Waals surface area contributed by atoms with Crippen LogP contribution in [0.1, 0.15) is 25.7 Å². The second kappa shape index (κ2) is 5.75. The molecule has 0 spiro atoms. The lowest BCUT2D eigenvalue weighted by Gasteiger charge is -2.35. The molecule has 1 saturated carbocycles. The number of aliphatic carboxylic acids is 1. The molecule has 0 unspecified atom stereocenters. The van der Waals surface area contributed by atoms with Gasteiger partial charge >= 0.3 is 5.97 Å². The molecule has 4 nitrogen and oxygen atoms in total. The van der Waals surface area contributed by atoms with E-state index < -0.39 is 29.1 Å². The minimum atomic E-state index is -1.00. The van der Waals surface area contributed by atoms with E-state index in [1.807, 2.05) is 0 Å². The van der Waals surface area contributed by atoms with Gasteiger partial charge in [0.05, 0.1) is 11.5 Å². The van der Waals surface area contributed by atoms with E-state index in [1.54, 1.807) is 0 Å². The monoisotopic (exact) mass is 285 g/mol. The molecule has 0 amide bonds. The molecule has 1 aliphatic carbocycles. The standard InChI is InChI=1S/C14H17F2NO3/c15-11-2-1-10(7-12(11)16)17-8-14(20)5-3-9(4-6-14)13(18)19/h1-2,7,9,17,20H,3-6,8H2,(H,18,19). The van der Waals surface area contributed by atoms with E-state index in [9.17, 15) is 18.7 Å². The smallest absolute Gasteiger partial charge is 0.306 e. The number of carboxylic acid groups (broad SMARTS) is 1. The van der Waals surface area contributed by atoms with Gasteiger partial charge in [0.2, 0.25) is 0 Å². The van der Waals surface area contributed by atoms with Crippen molar-refractivity contribution in [3.8, 4) is 0 Å². The Bertz CT molecular complexity index is 499. The first-order valence-corrected chi connectivity index (χ1v) is 6.54. The highest BCUT2D eigenvalue weighted by atomic mass is 19.2. The summed E-state index contributed by atoms with van der Waals surface area (Å²) in [5.41, 5.74) is -0.616. The van der Waals surface area contributed by atoms with Crippen LogP contribution in [0.4, 0.5) is 14.5 Å². The lowest BCUT2D eigenvalue weighted by molar-refractivity contribution is -0.144. The molecule has 0 saturated heterocycles. The minimum Gasteiger partial charge on any atom is -0.481 e. The van der Waals surface area contributed by atoms with Gasteiger partial charge in [-0.2, -0.15) is 0 Å². The van der Waals surface area contributed by atoms with Crippen molar-refractivity contribution in [1.82, 2.24) is 0 Å². The van der Waals surface area contributed by atoms with Crippen molar-refractivity contribution < 1.29 is 23.8 Å². The van der Waals surface area contributed by atoms with Gasteiger partial charge in [-0.15, -0.1) is 0 Å². The fourth-order valence-corrected chi connectivity index (χ4v) is 2.45. The summed E-state index contributed by atoms with van der Waals surface area (Å²) in [6.07, 6.45) is 1.60. The lowest BCUT2D eigenvalue weighted by Crippen LogP contribution is -2.41. The van der Waals surface area contributed by atoms with Crippen LogP contribution in [0.25, 0.3) is 0 Å². The third kappa shape index (κ3) is 3.45. The van der Waals surface area contributed by atoms with E-state index in [2.05, 4.69) is 5.32 Å². The second-order valence-corrected chi connectivity index (χ2v) is 5.32. The van der Waals surface area contributed by atoms with Crippen molar-refractivity contribution in [3.05, 3.63) is 29.8 Å². The maximum atomic E-state index is 13.0. The zero-order chi connectivity index (χ0) is 14.8. The molecule has 1 aromatic rings. The summed E-state index contributed by atoms with van der Waals surface area (Å²) in [6.45, 7) is 0.185. The first-order valence-electron chi connectivity index (χ1n) is 6.54. The number of nitrogens with one attached hydrogen (secondary N) is 1. The van der Waals surface area contributed by atoms with Crippen LogP contribution >= 0.6 is 0 Å². The highest BCUT2D eigenvalue weighted by Crippen LogP contribution is 2.32. The SMILES string of the molecule is O=C(O)C1CCC(O)(CNc2ccc(F)c(F)c2)CC1. The van der Waals surface area contributed by atoms with Crippen molar-refractivity contribution in [2.75, 3.05) is 11.9 Å². The van der Waals surface area contributed by atoms with E-state index in [4.69, 9.17) is 5.11 Å². The molecule has 0 aliphatic heterocycles. The summed E-state index contributed by atoms with van der Waals surface area (Å²) in [4.78, 5) is 10.8. The molecule has 1 aliphatic rings. The zero-order valence-corrected chi connectivity index (χ0v) is 10.9. The minimum absolute atomic E-state index is 0.185. The van der Waals surface area contributed by atoms with E-state index in [0.29, 0.717) is 31.4 Å². The third-order valence-corrected chi connectivity index (χ3v) is 3.81. The Morgan fingerprint density at radius 1 is 1.30 bits per heavy atom. The zero-order valence-electron chi connectivity index (χ0n) is 10.9. The van der Waals surface area contributed by atoms with Crippen molar-refractivity contribution in [1.29, 1.82) is 0 Å². The third-order valence-electron chi connectivity index (χ3n) is 3.81. The van der Waals surface area contributed by atoms with E-state index in [0.717, 1.165) is 12.1 Å². The largest absolute Gasteiger partial charge is 0.481 e. The number of halogens is 2. The highest BCUT2D eigenvalue weighted by molar-refractivity contribution is 5.70. The molecule has 20 heavy (non-hydrogen) atoms. The van der Waals surface area contributed by atoms with Crippen LogP contribution < -0.4 is 5.32 Å². The number of benzene rings is 1. The number of carbonyl (C=O) groups is 1. The van der Waals surface area contributed by atoms with Crippen molar-refractivity contribution in [2.24, 2.45) is 5.92 Å². The predicted octanol–water partition coefficient (Wildman–Crippen LogP) is 2.38. The van der Waals surface area contributed by atoms with Crippen molar-refractivity contribution in [2.45, 2.75) is 31.3 Å². The van der Waals surface area contributed by atoms with Crippen LogP contribution in [0, 0.1) is 17.6 Å². The first-order chi connectivity index (χ1) is 9.39. The number of rotatable bonds is 4. The van der Waals surface area contributed by atoms with Crippen LogP contribution in [0.15, 0.2) is 18.2 Å². The van der Waals surface area contributed by atoms with Crippen LogP contribution in [-0.2, 0) is 4.79 Å². The molecule has 0 heterocycles. The first kappa shape index (κ1) is 14.7. The van der Waals surface area contributed by atoms with Crippen molar-refractivity contribution >= 4 is 11.7 Å². The second-order valence-electron chi connectivity index (χ2n) is 5.32. The highest BCUT2D eigenvalue weighted by Gasteiger charge is 2.35. The predicted molar refractivity (Wildman–Crippen MR) is 69.4 cm³/mol. The van der Waals surface area contributed by atoms with Gasteiger partial charge in [0.25, 0.3) is 0 Å². The molecule has 0 aromatic heterocycles. The molecule has 6 heteroatoms. The molecular weight excluding hydrogens is 268 g/mol. The molecule has 2 rings (SSSR count). The Labute approximate surface area is 115 Å². The van der Waals surface area contributed by atoms with Gasteiger partial charge in [0.1, 0.15) is 0 Å². The fourth-order valence-electron chi connectivity index (χ4n) is 2.45. The summed E-state index contributed by atoms with van der Waals surface area (Å²) >= 11 is 0. The van der Waals surface area contributed by atoms with Crippen LogP contribution in [-0.4, -0.2) is 28.3 Å². The molecule has 0 radical (unpaired) electrons. The van der Waals surface area contributed by atoms with Crippen molar-refractivity contribution in [3.63, 3.8) is 0 Å². The van der Waals surface area contributed by atoms with Gasteiger partial charge in [-0.25, -0.2) is 8.78 Å². The lowest BCUT2D eigenvalue weighted by atomic mass is 9.79. The molecule has 1 fully saturated rings. The van der Waals surface area contributed by atoms with Gasteiger partial charge in [-0.1, -0.05) is 0 Å². The number of carboxylic acids is 1. The van der Waals surface area contributed by atoms with Crippen LogP contribution in [0.5, 0.6) is 0 Å². The summed E-state index contributed by atoms with van der Waals surface area (Å²) in [6, 6.07) is 3.44. The maximum absolute atomic E-state index is 13.0. The van der Waals surface area contributed by atoms with Gasteiger partial charge in [-0.05, 0) is 37.8 Å². The Balaban J connectivity index is 1.90. The number of hydrogen-bond acceptors (Lipinski definition) is 3. The molecule has 110 valence electrons. The quantitative estimate of drug-likeness (QED) is 0.794. The Morgan fingerprint density at radius 3 is 2.50 bits per heavy atom. The number of anilines is 1. The molecule has 0 atom stereocenters.